The molecule has 0 bridgehead atoms. The minimum Gasteiger partial charge on any atom is -0.481 e. The summed E-state index contributed by atoms with van der Waals surface area (Å²) in [5, 5.41) is 21.9. The molecule has 3 rings (SSSR count). The summed E-state index contributed by atoms with van der Waals surface area (Å²) in [6, 6.07) is 0. The third-order valence-electron chi connectivity index (χ3n) is 3.05. The van der Waals surface area contributed by atoms with E-state index in [0.29, 0.717) is 0 Å². The Balaban J connectivity index is 1.97. The van der Waals surface area contributed by atoms with E-state index >= 15 is 0 Å². The number of fused-ring (bicyclic) bond motifs is 1. The monoisotopic (exact) mass is 238 g/mol. The number of hydrogen-bond acceptors (Lipinski definition) is 5. The highest BCUT2D eigenvalue weighted by Crippen LogP contribution is 2.40. The van der Waals surface area contributed by atoms with E-state index in [9.17, 15) is 4.79 Å². The molecule has 0 aromatic carbocycles. The zero-order chi connectivity index (χ0) is 11.1. The second-order valence-electron chi connectivity index (χ2n) is 3.98. The molecule has 0 saturated heterocycles. The number of aliphatic carboxylic acids is 1. The average Bonchev–Trinajstić information content (AvgIpc) is 2.91. The topological polar surface area (TPSA) is 80.4 Å². The van der Waals surface area contributed by atoms with Crippen LogP contribution in [0.15, 0.2) is 6.33 Å². The summed E-state index contributed by atoms with van der Waals surface area (Å²) in [4.78, 5) is 11.8. The van der Waals surface area contributed by atoms with Crippen molar-refractivity contribution in [3.8, 4) is 0 Å². The third kappa shape index (κ3) is 1.39. The molecule has 1 aliphatic rings. The van der Waals surface area contributed by atoms with Crippen LogP contribution in [0.25, 0.3) is 4.96 Å². The summed E-state index contributed by atoms with van der Waals surface area (Å²) >= 11 is 1.44. The van der Waals surface area contributed by atoms with Crippen LogP contribution in [-0.4, -0.2) is 30.9 Å². The van der Waals surface area contributed by atoms with Crippen molar-refractivity contribution in [1.82, 2.24) is 19.8 Å². The molecule has 1 fully saturated rings. The van der Waals surface area contributed by atoms with Gasteiger partial charge in [0.05, 0.1) is 5.92 Å². The standard InChI is InChI=1S/C9H10N4O2S/c14-8(15)6-3-1-2-5(6)7-12-13-4-10-11-9(13)16-7/h4-6H,1-3H2,(H,14,15). The Morgan fingerprint density at radius 3 is 3.19 bits per heavy atom. The Bertz CT molecular complexity index is 506. The van der Waals surface area contributed by atoms with E-state index in [1.54, 1.807) is 10.8 Å². The Hall–Kier alpha value is -1.50. The molecule has 16 heavy (non-hydrogen) atoms. The second-order valence-corrected chi connectivity index (χ2v) is 4.97. The predicted octanol–water partition coefficient (Wildman–Crippen LogP) is 1.15. The van der Waals surface area contributed by atoms with Gasteiger partial charge in [-0.3, -0.25) is 4.79 Å². The molecule has 0 aliphatic heterocycles. The normalized spacial score (nSPS) is 25.2. The smallest absolute Gasteiger partial charge is 0.307 e. The van der Waals surface area contributed by atoms with Gasteiger partial charge < -0.3 is 5.11 Å². The third-order valence-corrected chi connectivity index (χ3v) is 4.10. The molecule has 2 unspecified atom stereocenters. The van der Waals surface area contributed by atoms with Crippen LogP contribution in [0.1, 0.15) is 30.2 Å². The van der Waals surface area contributed by atoms with E-state index in [-0.39, 0.29) is 11.8 Å². The number of hydrogen-bond donors (Lipinski definition) is 1. The maximum absolute atomic E-state index is 11.1. The number of carboxylic acids is 1. The molecule has 6 nitrogen and oxygen atoms in total. The molecule has 0 amide bonds. The van der Waals surface area contributed by atoms with Crippen LogP contribution in [-0.2, 0) is 4.79 Å². The van der Waals surface area contributed by atoms with Crippen molar-refractivity contribution in [3.05, 3.63) is 11.3 Å². The second kappa shape index (κ2) is 3.51. The Morgan fingerprint density at radius 2 is 2.44 bits per heavy atom. The maximum Gasteiger partial charge on any atom is 0.307 e. The van der Waals surface area contributed by atoms with Crippen LogP contribution in [0.3, 0.4) is 0 Å². The molecule has 2 aromatic heterocycles. The minimum absolute atomic E-state index is 0.0456. The Labute approximate surface area is 94.9 Å². The van der Waals surface area contributed by atoms with Gasteiger partial charge in [0.2, 0.25) is 4.96 Å². The first-order chi connectivity index (χ1) is 7.75. The molecule has 1 N–H and O–H groups in total. The van der Waals surface area contributed by atoms with Crippen LogP contribution in [0.2, 0.25) is 0 Å². The molecule has 2 heterocycles. The average molecular weight is 238 g/mol. The van der Waals surface area contributed by atoms with Gasteiger partial charge in [-0.1, -0.05) is 17.8 Å². The molecule has 1 saturated carbocycles. The van der Waals surface area contributed by atoms with Gasteiger partial charge in [-0.15, -0.1) is 10.2 Å². The summed E-state index contributed by atoms with van der Waals surface area (Å²) in [5.41, 5.74) is 0. The fraction of sp³-hybridized carbons (Fsp3) is 0.556. The van der Waals surface area contributed by atoms with Gasteiger partial charge in [-0.05, 0) is 12.8 Å². The van der Waals surface area contributed by atoms with Crippen LogP contribution in [0.5, 0.6) is 0 Å². The maximum atomic E-state index is 11.1. The van der Waals surface area contributed by atoms with Gasteiger partial charge >= 0.3 is 5.97 Å². The molecular formula is C9H10N4O2S. The number of carboxylic acid groups (broad SMARTS) is 1. The van der Waals surface area contributed by atoms with Crippen molar-refractivity contribution in [2.24, 2.45) is 5.92 Å². The zero-order valence-electron chi connectivity index (χ0n) is 8.41. The molecular weight excluding hydrogens is 228 g/mol. The van der Waals surface area contributed by atoms with Gasteiger partial charge in [-0.2, -0.15) is 9.61 Å². The molecule has 2 atom stereocenters. The number of carbonyl (C=O) groups is 1. The first-order valence-corrected chi connectivity index (χ1v) is 5.97. The lowest BCUT2D eigenvalue weighted by Crippen LogP contribution is -2.16. The number of nitrogens with zero attached hydrogens (tertiary/aromatic N) is 4. The Kier molecular flexibility index (Phi) is 2.13. The SMILES string of the molecule is O=C(O)C1CCCC1c1nn2cnnc2s1. The summed E-state index contributed by atoms with van der Waals surface area (Å²) in [7, 11) is 0. The Morgan fingerprint density at radius 1 is 1.56 bits per heavy atom. The summed E-state index contributed by atoms with van der Waals surface area (Å²) in [6.07, 6.45) is 4.16. The van der Waals surface area contributed by atoms with Crippen LogP contribution in [0.4, 0.5) is 0 Å². The lowest BCUT2D eigenvalue weighted by Gasteiger charge is -2.11. The highest BCUT2D eigenvalue weighted by atomic mass is 32.1. The highest BCUT2D eigenvalue weighted by molar-refractivity contribution is 7.16. The van der Waals surface area contributed by atoms with Gasteiger partial charge in [0.1, 0.15) is 11.3 Å². The van der Waals surface area contributed by atoms with Gasteiger partial charge in [0.25, 0.3) is 0 Å². The minimum atomic E-state index is -0.714. The van der Waals surface area contributed by atoms with Crippen molar-refractivity contribution < 1.29 is 9.90 Å². The van der Waals surface area contributed by atoms with Crippen LogP contribution in [0, 0.1) is 5.92 Å². The van der Waals surface area contributed by atoms with E-state index in [1.165, 1.54) is 11.3 Å². The summed E-state index contributed by atoms with van der Waals surface area (Å²) in [6.45, 7) is 0. The van der Waals surface area contributed by atoms with Crippen molar-refractivity contribution in [1.29, 1.82) is 0 Å². The molecule has 2 aromatic rings. The van der Waals surface area contributed by atoms with E-state index in [0.717, 1.165) is 29.2 Å². The summed E-state index contributed by atoms with van der Waals surface area (Å²) in [5.74, 6) is -0.957. The predicted molar refractivity (Wildman–Crippen MR) is 56.4 cm³/mol. The van der Waals surface area contributed by atoms with Gasteiger partial charge in [0.15, 0.2) is 0 Å². The molecule has 0 spiro atoms. The number of rotatable bonds is 2. The molecule has 84 valence electrons. The molecule has 7 heteroatoms. The fourth-order valence-corrected chi connectivity index (χ4v) is 3.30. The van der Waals surface area contributed by atoms with Crippen molar-refractivity contribution in [3.63, 3.8) is 0 Å². The highest BCUT2D eigenvalue weighted by Gasteiger charge is 2.36. The summed E-state index contributed by atoms with van der Waals surface area (Å²) < 4.78 is 1.61. The van der Waals surface area contributed by atoms with E-state index in [1.807, 2.05) is 0 Å². The first kappa shape index (κ1) is 9.71. The van der Waals surface area contributed by atoms with Crippen molar-refractivity contribution in [2.45, 2.75) is 25.2 Å². The van der Waals surface area contributed by atoms with E-state index in [4.69, 9.17) is 5.11 Å². The van der Waals surface area contributed by atoms with Gasteiger partial charge in [0, 0.05) is 5.92 Å². The first-order valence-electron chi connectivity index (χ1n) is 5.15. The quantitative estimate of drug-likeness (QED) is 0.849. The lowest BCUT2D eigenvalue weighted by atomic mass is 9.97. The van der Waals surface area contributed by atoms with E-state index < -0.39 is 5.97 Å². The fourth-order valence-electron chi connectivity index (χ4n) is 2.28. The van der Waals surface area contributed by atoms with Gasteiger partial charge in [-0.25, -0.2) is 0 Å². The van der Waals surface area contributed by atoms with Crippen molar-refractivity contribution >= 4 is 22.3 Å². The van der Waals surface area contributed by atoms with E-state index in [2.05, 4.69) is 15.3 Å². The lowest BCUT2D eigenvalue weighted by molar-refractivity contribution is -0.142. The van der Waals surface area contributed by atoms with Crippen LogP contribution >= 0.6 is 11.3 Å². The molecule has 1 aliphatic carbocycles. The van der Waals surface area contributed by atoms with Crippen LogP contribution < -0.4 is 0 Å². The zero-order valence-corrected chi connectivity index (χ0v) is 9.22. The molecule has 0 radical (unpaired) electrons. The van der Waals surface area contributed by atoms with Crippen molar-refractivity contribution in [2.75, 3.05) is 0 Å². The number of aromatic nitrogens is 4. The largest absolute Gasteiger partial charge is 0.481 e.